The van der Waals surface area contributed by atoms with Crippen LogP contribution in [0.15, 0.2) is 42.5 Å². The van der Waals surface area contributed by atoms with E-state index in [1.165, 1.54) is 112 Å². The summed E-state index contributed by atoms with van der Waals surface area (Å²) in [5.74, 6) is 5.78. The summed E-state index contributed by atoms with van der Waals surface area (Å²) >= 11 is 0. The summed E-state index contributed by atoms with van der Waals surface area (Å²) in [6, 6.07) is 17.2. The van der Waals surface area contributed by atoms with Crippen LogP contribution in [0, 0.1) is 35.5 Å². The van der Waals surface area contributed by atoms with E-state index in [1.54, 1.807) is 5.30 Å². The van der Waals surface area contributed by atoms with Crippen LogP contribution < -0.4 is 10.0 Å². The summed E-state index contributed by atoms with van der Waals surface area (Å²) in [7, 11) is -1.57. The van der Waals surface area contributed by atoms with Gasteiger partial charge in [0.15, 0.2) is 0 Å². The van der Waals surface area contributed by atoms with Gasteiger partial charge in [-0.2, -0.15) is 0 Å². The molecule has 0 saturated heterocycles. The summed E-state index contributed by atoms with van der Waals surface area (Å²) in [4.78, 5) is 0. The predicted molar refractivity (Wildman–Crippen MR) is 209 cm³/mol. The molecule has 0 aromatic heterocycles. The first kappa shape index (κ1) is 33.8. The van der Waals surface area contributed by atoms with Crippen molar-refractivity contribution < 1.29 is 4.21 Å². The second kappa shape index (κ2) is 11.5. The fourth-order valence-electron chi connectivity index (χ4n) is 14.0. The Labute approximate surface area is 302 Å². The zero-order valence-corrected chi connectivity index (χ0v) is 33.5. The number of hydrogen-bond donors (Lipinski definition) is 1. The molecule has 266 valence electrons. The van der Waals surface area contributed by atoms with Crippen molar-refractivity contribution in [2.75, 3.05) is 0 Å². The summed E-state index contributed by atoms with van der Waals surface area (Å²) in [5.41, 5.74) is 6.13. The Morgan fingerprint density at radius 3 is 1.59 bits per heavy atom. The lowest BCUT2D eigenvalue weighted by atomic mass is 9.55. The van der Waals surface area contributed by atoms with Gasteiger partial charge in [0.2, 0.25) is 0 Å². The fourth-order valence-corrected chi connectivity index (χ4v) is 20.2. The third kappa shape index (κ3) is 5.63. The summed E-state index contributed by atoms with van der Waals surface area (Å²) in [5, 5.41) is 2.71. The Morgan fingerprint density at radius 2 is 1.12 bits per heavy atom. The first-order chi connectivity index (χ1) is 23.1. The maximum atomic E-state index is 14.3. The van der Waals surface area contributed by atoms with Gasteiger partial charge in [0, 0.05) is 0 Å². The van der Waals surface area contributed by atoms with E-state index in [4.69, 9.17) is 0 Å². The van der Waals surface area contributed by atoms with Gasteiger partial charge < -0.3 is 0 Å². The first-order valence-corrected chi connectivity index (χ1v) is 22.8. The van der Waals surface area contributed by atoms with Crippen LogP contribution in [0.4, 0.5) is 0 Å². The van der Waals surface area contributed by atoms with E-state index in [1.807, 2.05) is 0 Å². The Hall–Kier alpha value is -1.02. The lowest BCUT2D eigenvalue weighted by Gasteiger charge is -2.67. The molecule has 2 atom stereocenters. The number of benzene rings is 2. The van der Waals surface area contributed by atoms with Gasteiger partial charge >= 0.3 is 0 Å². The molecule has 2 aromatic carbocycles. The van der Waals surface area contributed by atoms with Gasteiger partial charge in [0.05, 0.1) is 21.8 Å². The minimum atomic E-state index is -1.19. The SMILES string of the molecule is CC1(C)CCC(C)(C)c2cc(C(NS(=O)C(C)(C)C)c3ccccc3P(C34CC5CC(CC(C5)C3)C4)C34CC5CC(CC(C5)C3)C4)ccc21. The smallest absolute Gasteiger partial charge is 0.0979 e. The van der Waals surface area contributed by atoms with Gasteiger partial charge in [-0.1, -0.05) is 78.1 Å². The van der Waals surface area contributed by atoms with Crippen LogP contribution in [0.5, 0.6) is 0 Å². The van der Waals surface area contributed by atoms with Crippen LogP contribution in [-0.4, -0.2) is 19.3 Å². The second-order valence-electron chi connectivity index (χ2n) is 21.2. The molecule has 9 aliphatic rings. The zero-order chi connectivity index (χ0) is 34.1. The van der Waals surface area contributed by atoms with E-state index in [9.17, 15) is 4.21 Å². The molecule has 9 aliphatic carbocycles. The largest absolute Gasteiger partial charge is 0.242 e. The molecule has 2 aromatic rings. The molecule has 8 saturated carbocycles. The van der Waals surface area contributed by atoms with Crippen molar-refractivity contribution in [3.63, 3.8) is 0 Å². The molecule has 0 radical (unpaired) electrons. The highest BCUT2D eigenvalue weighted by atomic mass is 32.2. The quantitative estimate of drug-likeness (QED) is 0.287. The molecule has 2 nitrogen and oxygen atoms in total. The van der Waals surface area contributed by atoms with Crippen molar-refractivity contribution >= 4 is 24.2 Å². The van der Waals surface area contributed by atoms with Gasteiger partial charge in [0.25, 0.3) is 0 Å². The van der Waals surface area contributed by atoms with Gasteiger partial charge in [-0.15, -0.1) is 0 Å². The minimum absolute atomic E-state index is 0.0739. The predicted octanol–water partition coefficient (Wildman–Crippen LogP) is 11.2. The maximum absolute atomic E-state index is 14.3. The van der Waals surface area contributed by atoms with E-state index in [-0.39, 0.29) is 29.5 Å². The Morgan fingerprint density at radius 1 is 0.673 bits per heavy atom. The summed E-state index contributed by atoms with van der Waals surface area (Å²) < 4.78 is 17.8. The molecular formula is C45H64NOPS. The van der Waals surface area contributed by atoms with Crippen LogP contribution in [0.25, 0.3) is 0 Å². The van der Waals surface area contributed by atoms with Crippen LogP contribution in [0.2, 0.25) is 0 Å². The molecule has 0 spiro atoms. The molecule has 8 fully saturated rings. The molecule has 0 heterocycles. The molecule has 49 heavy (non-hydrogen) atoms. The number of rotatable bonds is 7. The van der Waals surface area contributed by atoms with Gasteiger partial charge in [-0.25, -0.2) is 8.93 Å². The Bertz CT molecular complexity index is 1530. The zero-order valence-electron chi connectivity index (χ0n) is 31.7. The molecule has 2 unspecified atom stereocenters. The van der Waals surface area contributed by atoms with Gasteiger partial charge in [-0.05, 0) is 195 Å². The summed E-state index contributed by atoms with van der Waals surface area (Å²) in [6.45, 7) is 16.2. The van der Waals surface area contributed by atoms with Crippen molar-refractivity contribution in [2.24, 2.45) is 35.5 Å². The third-order valence-corrected chi connectivity index (χ3v) is 20.9. The molecule has 0 aliphatic heterocycles. The third-order valence-electron chi connectivity index (χ3n) is 15.4. The van der Waals surface area contributed by atoms with Gasteiger partial charge in [-0.3, -0.25) is 0 Å². The molecule has 8 bridgehead atoms. The monoisotopic (exact) mass is 697 g/mol. The van der Waals surface area contributed by atoms with E-state index in [0.29, 0.717) is 10.3 Å². The van der Waals surface area contributed by atoms with Crippen molar-refractivity contribution in [1.29, 1.82) is 0 Å². The molecule has 1 N–H and O–H groups in total. The standard InChI is InChI=1S/C45H64NOPS/c1-41(2,3)49(47)46-40(35-12-13-37-38(22-35)43(6,7)15-14-42(37,4)5)36-10-8-9-11-39(36)48(44-23-29-16-30(24-44)18-31(17-29)25-44)45-26-32-19-33(27-45)21-34(20-32)28-45/h8-13,22,29-34,40,46H,14-21,23-28H2,1-7H3. The number of hydrogen-bond acceptors (Lipinski definition) is 1. The van der Waals surface area contributed by atoms with Crippen LogP contribution in [-0.2, 0) is 21.8 Å². The second-order valence-corrected chi connectivity index (χ2v) is 26.2. The highest BCUT2D eigenvalue weighted by molar-refractivity contribution is 7.84. The minimum Gasteiger partial charge on any atom is -0.242 e. The van der Waals surface area contributed by atoms with Crippen molar-refractivity contribution in [3.8, 4) is 0 Å². The molecule has 4 heteroatoms. The van der Waals surface area contributed by atoms with Crippen molar-refractivity contribution in [1.82, 2.24) is 4.72 Å². The van der Waals surface area contributed by atoms with E-state index < -0.39 is 11.0 Å². The Balaban J connectivity index is 1.23. The maximum Gasteiger partial charge on any atom is 0.0979 e. The molecule has 11 rings (SSSR count). The number of nitrogens with one attached hydrogen (secondary N) is 1. The van der Waals surface area contributed by atoms with E-state index in [2.05, 4.69) is 95.7 Å². The average Bonchev–Trinajstić information content (AvgIpc) is 3.00. The van der Waals surface area contributed by atoms with Crippen molar-refractivity contribution in [2.45, 2.75) is 170 Å². The van der Waals surface area contributed by atoms with Crippen LogP contribution >= 0.6 is 7.92 Å². The van der Waals surface area contributed by atoms with Crippen molar-refractivity contribution in [3.05, 3.63) is 64.7 Å². The van der Waals surface area contributed by atoms with Crippen LogP contribution in [0.3, 0.4) is 0 Å². The topological polar surface area (TPSA) is 29.1 Å². The highest BCUT2D eigenvalue weighted by Gasteiger charge is 2.63. The number of fused-ring (bicyclic) bond motifs is 1. The van der Waals surface area contributed by atoms with Crippen LogP contribution in [0.1, 0.15) is 167 Å². The normalized spacial score (nSPS) is 39.8. The summed E-state index contributed by atoms with van der Waals surface area (Å²) in [6.07, 6.45) is 20.5. The van der Waals surface area contributed by atoms with E-state index in [0.717, 1.165) is 35.5 Å². The van der Waals surface area contributed by atoms with Gasteiger partial charge in [0.1, 0.15) is 0 Å². The molecular weight excluding hydrogens is 634 g/mol. The average molecular weight is 698 g/mol. The first-order valence-electron chi connectivity index (χ1n) is 20.4. The van der Waals surface area contributed by atoms with E-state index >= 15 is 0 Å². The lowest BCUT2D eigenvalue weighted by Crippen LogP contribution is -2.58. The lowest BCUT2D eigenvalue weighted by molar-refractivity contribution is 0.0195. The molecule has 0 amide bonds. The highest BCUT2D eigenvalue weighted by Crippen LogP contribution is 2.78. The Kier molecular flexibility index (Phi) is 7.92. The fraction of sp³-hybridized carbons (Fsp3) is 0.733.